The zero-order chi connectivity index (χ0) is 7.52. The van der Waals surface area contributed by atoms with E-state index in [0.29, 0.717) is 5.82 Å². The first-order chi connectivity index (χ1) is 5.47. The second-order valence-corrected chi connectivity index (χ2v) is 1.85. The Hall–Kier alpha value is -1.62. The average molecular weight is 151 g/mol. The van der Waals surface area contributed by atoms with E-state index in [4.69, 9.17) is 0 Å². The van der Waals surface area contributed by atoms with E-state index in [0.717, 1.165) is 0 Å². The van der Waals surface area contributed by atoms with E-state index in [2.05, 4.69) is 20.0 Å². The van der Waals surface area contributed by atoms with E-state index in [1.54, 1.807) is 12.3 Å². The minimum absolute atomic E-state index is 0.584. The van der Waals surface area contributed by atoms with Crippen LogP contribution in [0.15, 0.2) is 29.5 Å². The Balaban J connectivity index is 2.23. The summed E-state index contributed by atoms with van der Waals surface area (Å²) in [6, 6.07) is 5.40. The first kappa shape index (κ1) is 6.11. The van der Waals surface area contributed by atoms with Crippen LogP contribution in [-0.2, 0) is 9.88 Å². The van der Waals surface area contributed by atoms with E-state index >= 15 is 0 Å². The molecule has 0 fully saturated rings. The third kappa shape index (κ3) is 1.13. The number of aromatic nitrogens is 1. The second kappa shape index (κ2) is 2.55. The quantitative estimate of drug-likeness (QED) is 0.554. The minimum atomic E-state index is 0.584. The summed E-state index contributed by atoms with van der Waals surface area (Å²) < 4.78 is 0. The van der Waals surface area contributed by atoms with Crippen LogP contribution in [0.1, 0.15) is 0 Å². The summed E-state index contributed by atoms with van der Waals surface area (Å²) in [6.45, 7) is 0. The van der Waals surface area contributed by atoms with E-state index in [-0.39, 0.29) is 0 Å². The SMILES string of the molecule is C1=NN(c2ccccn2)OO1. The molecule has 5 nitrogen and oxygen atoms in total. The molecule has 11 heavy (non-hydrogen) atoms. The molecule has 0 saturated heterocycles. The van der Waals surface area contributed by atoms with Crippen LogP contribution in [0.3, 0.4) is 0 Å². The van der Waals surface area contributed by atoms with Gasteiger partial charge in [-0.2, -0.15) is 0 Å². The lowest BCUT2D eigenvalue weighted by Crippen LogP contribution is -2.11. The van der Waals surface area contributed by atoms with E-state index in [1.807, 2.05) is 12.1 Å². The fourth-order valence-corrected chi connectivity index (χ4v) is 0.706. The standard InChI is InChI=1S/C6H5N3O2/c1-2-4-7-6(3-1)9-8-5-10-11-9/h1-5H. The zero-order valence-corrected chi connectivity index (χ0v) is 5.54. The first-order valence-electron chi connectivity index (χ1n) is 3.04. The number of hydrogen-bond acceptors (Lipinski definition) is 5. The normalized spacial score (nSPS) is 15.1. The second-order valence-electron chi connectivity index (χ2n) is 1.85. The van der Waals surface area contributed by atoms with Crippen molar-refractivity contribution in [2.75, 3.05) is 5.17 Å². The summed E-state index contributed by atoms with van der Waals surface area (Å²) in [5, 5.41) is 4.89. The van der Waals surface area contributed by atoms with Gasteiger partial charge < -0.3 is 0 Å². The van der Waals surface area contributed by atoms with Crippen LogP contribution >= 0.6 is 0 Å². The number of hydrazone groups is 1. The van der Waals surface area contributed by atoms with Gasteiger partial charge in [-0.3, -0.25) is 4.89 Å². The lowest BCUT2D eigenvalue weighted by Gasteiger charge is -2.05. The molecule has 0 saturated carbocycles. The van der Waals surface area contributed by atoms with E-state index < -0.39 is 0 Å². The molecule has 0 unspecified atom stereocenters. The Morgan fingerprint density at radius 2 is 2.36 bits per heavy atom. The highest BCUT2D eigenvalue weighted by Gasteiger charge is 2.11. The topological polar surface area (TPSA) is 47.0 Å². The van der Waals surface area contributed by atoms with Crippen LogP contribution < -0.4 is 5.17 Å². The van der Waals surface area contributed by atoms with Gasteiger partial charge in [-0.05, 0) is 17.1 Å². The molecule has 2 rings (SSSR count). The lowest BCUT2D eigenvalue weighted by atomic mass is 10.5. The Bertz CT molecular complexity index is 262. The van der Waals surface area contributed by atoms with Gasteiger partial charge in [0, 0.05) is 6.20 Å². The number of nitrogens with zero attached hydrogens (tertiary/aromatic N) is 3. The van der Waals surface area contributed by atoms with Crippen molar-refractivity contribution >= 4 is 12.2 Å². The minimum Gasteiger partial charge on any atom is -0.298 e. The molecule has 2 heterocycles. The molecule has 5 heteroatoms. The molecular weight excluding hydrogens is 146 g/mol. The molecule has 1 aromatic rings. The van der Waals surface area contributed by atoms with Gasteiger partial charge in [0.15, 0.2) is 5.82 Å². The largest absolute Gasteiger partial charge is 0.298 e. The fourth-order valence-electron chi connectivity index (χ4n) is 0.706. The Kier molecular flexibility index (Phi) is 1.42. The number of pyridine rings is 1. The highest BCUT2D eigenvalue weighted by Crippen LogP contribution is 2.12. The molecule has 0 aliphatic carbocycles. The smallest absolute Gasteiger partial charge is 0.242 e. The predicted octanol–water partition coefficient (Wildman–Crippen LogP) is 0.708. The van der Waals surface area contributed by atoms with Crippen LogP contribution in [0, 0.1) is 0 Å². The number of anilines is 1. The summed E-state index contributed by atoms with van der Waals surface area (Å²) in [5.41, 5.74) is 0. The number of hydrogen-bond donors (Lipinski definition) is 0. The monoisotopic (exact) mass is 151 g/mol. The van der Waals surface area contributed by atoms with Gasteiger partial charge >= 0.3 is 0 Å². The summed E-state index contributed by atoms with van der Waals surface area (Å²) in [7, 11) is 0. The Morgan fingerprint density at radius 3 is 3.00 bits per heavy atom. The first-order valence-corrected chi connectivity index (χ1v) is 3.04. The van der Waals surface area contributed by atoms with Crippen molar-refractivity contribution in [3.8, 4) is 0 Å². The van der Waals surface area contributed by atoms with Gasteiger partial charge in [-0.1, -0.05) is 11.2 Å². The van der Waals surface area contributed by atoms with Crippen molar-refractivity contribution in [1.82, 2.24) is 4.98 Å². The van der Waals surface area contributed by atoms with Gasteiger partial charge in [-0.25, -0.2) is 4.98 Å². The van der Waals surface area contributed by atoms with E-state index in [9.17, 15) is 0 Å². The van der Waals surface area contributed by atoms with Crippen molar-refractivity contribution in [2.45, 2.75) is 0 Å². The van der Waals surface area contributed by atoms with Crippen molar-refractivity contribution in [1.29, 1.82) is 0 Å². The molecule has 0 radical (unpaired) electrons. The summed E-state index contributed by atoms with van der Waals surface area (Å²) >= 11 is 0. The van der Waals surface area contributed by atoms with Crippen molar-refractivity contribution < 1.29 is 9.88 Å². The fraction of sp³-hybridized carbons (Fsp3) is 0. The van der Waals surface area contributed by atoms with E-state index in [1.165, 1.54) is 11.6 Å². The maximum absolute atomic E-state index is 4.59. The highest BCUT2D eigenvalue weighted by molar-refractivity contribution is 5.50. The van der Waals surface area contributed by atoms with Crippen LogP contribution in [0.5, 0.6) is 0 Å². The highest BCUT2D eigenvalue weighted by atomic mass is 17.3. The molecule has 1 aromatic heterocycles. The lowest BCUT2D eigenvalue weighted by molar-refractivity contribution is -0.209. The Labute approximate surface area is 62.7 Å². The van der Waals surface area contributed by atoms with Crippen LogP contribution in [0.2, 0.25) is 0 Å². The third-order valence-electron chi connectivity index (χ3n) is 1.15. The molecule has 0 aromatic carbocycles. The summed E-state index contributed by atoms with van der Waals surface area (Å²) in [6.07, 6.45) is 2.83. The predicted molar refractivity (Wildman–Crippen MR) is 37.4 cm³/mol. The molecule has 1 aliphatic rings. The van der Waals surface area contributed by atoms with Gasteiger partial charge in [0.1, 0.15) is 0 Å². The molecular formula is C6H5N3O2. The molecule has 0 N–H and O–H groups in total. The summed E-state index contributed by atoms with van der Waals surface area (Å²) in [4.78, 5) is 13.0. The molecule has 0 spiro atoms. The van der Waals surface area contributed by atoms with Gasteiger partial charge in [0.25, 0.3) is 0 Å². The molecule has 56 valence electrons. The molecule has 0 bridgehead atoms. The van der Waals surface area contributed by atoms with Gasteiger partial charge in [0.05, 0.1) is 0 Å². The maximum atomic E-state index is 4.59. The van der Waals surface area contributed by atoms with Crippen LogP contribution in [-0.4, -0.2) is 11.4 Å². The Morgan fingerprint density at radius 1 is 1.36 bits per heavy atom. The third-order valence-corrected chi connectivity index (χ3v) is 1.15. The van der Waals surface area contributed by atoms with Gasteiger partial charge in [0.2, 0.25) is 6.40 Å². The van der Waals surface area contributed by atoms with Crippen LogP contribution in [0.25, 0.3) is 0 Å². The van der Waals surface area contributed by atoms with Crippen molar-refractivity contribution in [2.24, 2.45) is 5.10 Å². The van der Waals surface area contributed by atoms with Gasteiger partial charge in [-0.15, -0.1) is 5.10 Å². The molecule has 0 amide bonds. The zero-order valence-electron chi connectivity index (χ0n) is 5.54. The summed E-state index contributed by atoms with van der Waals surface area (Å²) in [5.74, 6) is 0.584. The number of rotatable bonds is 1. The molecule has 0 atom stereocenters. The van der Waals surface area contributed by atoms with Crippen LogP contribution in [0.4, 0.5) is 5.82 Å². The average Bonchev–Trinajstić information content (AvgIpc) is 2.58. The van der Waals surface area contributed by atoms with Crippen molar-refractivity contribution in [3.63, 3.8) is 0 Å². The van der Waals surface area contributed by atoms with Crippen molar-refractivity contribution in [3.05, 3.63) is 24.4 Å². The maximum Gasteiger partial charge on any atom is 0.242 e. The molecule has 1 aliphatic heterocycles.